The molecule has 0 amide bonds. The van der Waals surface area contributed by atoms with Crippen molar-refractivity contribution in [3.05, 3.63) is 59.7 Å². The van der Waals surface area contributed by atoms with Gasteiger partial charge in [0, 0.05) is 33.7 Å². The molecule has 1 atom stereocenters. The third-order valence-corrected chi connectivity index (χ3v) is 5.41. The largest absolute Gasteiger partial charge is 0.493 e. The van der Waals surface area contributed by atoms with Crippen molar-refractivity contribution in [2.24, 2.45) is 4.99 Å². The number of hydrogen-bond acceptors (Lipinski definition) is 5. The summed E-state index contributed by atoms with van der Waals surface area (Å²) in [7, 11) is 7.35. The van der Waals surface area contributed by atoms with Crippen LogP contribution in [-0.2, 0) is 11.3 Å². The molecule has 0 spiro atoms. The summed E-state index contributed by atoms with van der Waals surface area (Å²) < 4.78 is 16.5. The molecule has 2 aromatic carbocycles. The molecule has 2 aromatic rings. The lowest BCUT2D eigenvalue weighted by Gasteiger charge is -2.35. The normalized spacial score (nSPS) is 15.9. The predicted octanol–water partition coefficient (Wildman–Crippen LogP) is 2.78. The van der Waals surface area contributed by atoms with Crippen molar-refractivity contribution < 1.29 is 14.2 Å². The highest BCUT2D eigenvalue weighted by Gasteiger charge is 2.24. The highest BCUT2D eigenvalue weighted by molar-refractivity contribution is 5.79. The van der Waals surface area contributed by atoms with Crippen molar-refractivity contribution in [3.63, 3.8) is 0 Å². The van der Waals surface area contributed by atoms with Gasteiger partial charge in [0.1, 0.15) is 0 Å². The van der Waals surface area contributed by atoms with Gasteiger partial charge in [0.05, 0.1) is 40.0 Å². The summed E-state index contributed by atoms with van der Waals surface area (Å²) in [4.78, 5) is 9.28. The topological polar surface area (TPSA) is 58.6 Å². The fraction of sp³-hybridized carbons (Fsp3) is 0.458. The number of nitrogens with one attached hydrogen (secondary N) is 1. The van der Waals surface area contributed by atoms with Gasteiger partial charge in [-0.3, -0.25) is 4.90 Å². The number of hydrogen-bond donors (Lipinski definition) is 1. The summed E-state index contributed by atoms with van der Waals surface area (Å²) in [6, 6.07) is 16.6. The van der Waals surface area contributed by atoms with E-state index in [1.165, 1.54) is 11.1 Å². The number of methoxy groups -OCH3 is 2. The first kappa shape index (κ1) is 22.9. The third-order valence-electron chi connectivity index (χ3n) is 5.41. The first-order chi connectivity index (χ1) is 15.1. The van der Waals surface area contributed by atoms with Crippen LogP contribution in [0.3, 0.4) is 0 Å². The minimum Gasteiger partial charge on any atom is -0.493 e. The molecule has 31 heavy (non-hydrogen) atoms. The predicted molar refractivity (Wildman–Crippen MR) is 124 cm³/mol. The van der Waals surface area contributed by atoms with E-state index in [0.29, 0.717) is 6.54 Å². The Hall–Kier alpha value is -2.77. The van der Waals surface area contributed by atoms with Gasteiger partial charge >= 0.3 is 0 Å². The molecule has 0 radical (unpaired) electrons. The van der Waals surface area contributed by atoms with Crippen LogP contribution in [-0.4, -0.2) is 76.9 Å². The van der Waals surface area contributed by atoms with Gasteiger partial charge in [0.15, 0.2) is 17.5 Å². The molecule has 1 aliphatic rings. The molecule has 0 aromatic heterocycles. The molecule has 0 saturated carbocycles. The lowest BCUT2D eigenvalue weighted by molar-refractivity contribution is 0.0169. The summed E-state index contributed by atoms with van der Waals surface area (Å²) in [5.41, 5.74) is 2.36. The Balaban J connectivity index is 1.79. The fourth-order valence-corrected chi connectivity index (χ4v) is 3.70. The van der Waals surface area contributed by atoms with Crippen molar-refractivity contribution >= 4 is 5.96 Å². The second kappa shape index (κ2) is 11.6. The second-order valence-corrected chi connectivity index (χ2v) is 7.68. The summed E-state index contributed by atoms with van der Waals surface area (Å²) in [5.74, 6) is 2.34. The van der Waals surface area contributed by atoms with Crippen molar-refractivity contribution in [2.75, 3.05) is 61.2 Å². The Labute approximate surface area is 185 Å². The van der Waals surface area contributed by atoms with E-state index in [-0.39, 0.29) is 6.04 Å². The third kappa shape index (κ3) is 6.35. The minimum absolute atomic E-state index is 0.158. The zero-order valence-electron chi connectivity index (χ0n) is 19.0. The molecule has 1 N–H and O–H groups in total. The summed E-state index contributed by atoms with van der Waals surface area (Å²) >= 11 is 0. The highest BCUT2D eigenvalue weighted by atomic mass is 16.5. The maximum atomic E-state index is 5.58. The molecule has 1 saturated heterocycles. The number of nitrogens with zero attached hydrogens (tertiary/aromatic N) is 3. The first-order valence-corrected chi connectivity index (χ1v) is 10.7. The van der Waals surface area contributed by atoms with Crippen molar-refractivity contribution in [1.29, 1.82) is 0 Å². The molecular formula is C24H34N4O3. The number of rotatable bonds is 8. The Morgan fingerprint density at radius 3 is 2.42 bits per heavy atom. The lowest BCUT2D eigenvalue weighted by atomic mass is 10.0. The van der Waals surface area contributed by atoms with Crippen molar-refractivity contribution in [1.82, 2.24) is 15.1 Å². The molecule has 3 rings (SSSR count). The van der Waals surface area contributed by atoms with Crippen LogP contribution in [0.4, 0.5) is 0 Å². The summed E-state index contributed by atoms with van der Waals surface area (Å²) in [6.07, 6.45) is 0. The van der Waals surface area contributed by atoms with E-state index in [1.54, 1.807) is 14.2 Å². The molecule has 1 unspecified atom stereocenters. The van der Waals surface area contributed by atoms with E-state index >= 15 is 0 Å². The van der Waals surface area contributed by atoms with Crippen LogP contribution in [0.25, 0.3) is 0 Å². The van der Waals surface area contributed by atoms with Crippen LogP contribution in [0.2, 0.25) is 0 Å². The Morgan fingerprint density at radius 1 is 1.06 bits per heavy atom. The average molecular weight is 427 g/mol. The molecule has 0 bridgehead atoms. The maximum Gasteiger partial charge on any atom is 0.193 e. The first-order valence-electron chi connectivity index (χ1n) is 10.7. The SMILES string of the molecule is COc1ccc(C(CNC(=NCc2ccccc2)N(C)C)N2CCOCC2)cc1OC. The number of ether oxygens (including phenoxy) is 3. The van der Waals surface area contributed by atoms with E-state index in [1.807, 2.05) is 43.3 Å². The zero-order valence-corrected chi connectivity index (χ0v) is 19.0. The van der Waals surface area contributed by atoms with Gasteiger partial charge < -0.3 is 24.4 Å². The molecule has 1 heterocycles. The van der Waals surface area contributed by atoms with Gasteiger partial charge in [0.25, 0.3) is 0 Å². The van der Waals surface area contributed by atoms with E-state index in [9.17, 15) is 0 Å². The zero-order chi connectivity index (χ0) is 22.1. The Morgan fingerprint density at radius 2 is 1.77 bits per heavy atom. The molecular weight excluding hydrogens is 392 g/mol. The Kier molecular flexibility index (Phi) is 8.55. The Bertz CT molecular complexity index is 836. The van der Waals surface area contributed by atoms with Crippen LogP contribution in [0, 0.1) is 0 Å². The van der Waals surface area contributed by atoms with Crippen LogP contribution < -0.4 is 14.8 Å². The summed E-state index contributed by atoms with van der Waals surface area (Å²) in [6.45, 7) is 4.62. The molecule has 0 aliphatic carbocycles. The van der Waals surface area contributed by atoms with Gasteiger partial charge in [-0.1, -0.05) is 36.4 Å². The van der Waals surface area contributed by atoms with Crippen LogP contribution >= 0.6 is 0 Å². The van der Waals surface area contributed by atoms with Crippen LogP contribution in [0.15, 0.2) is 53.5 Å². The number of benzene rings is 2. The van der Waals surface area contributed by atoms with E-state index < -0.39 is 0 Å². The smallest absolute Gasteiger partial charge is 0.193 e. The van der Waals surface area contributed by atoms with Gasteiger partial charge in [0.2, 0.25) is 0 Å². The van der Waals surface area contributed by atoms with Crippen molar-refractivity contribution in [2.45, 2.75) is 12.6 Å². The number of morpholine rings is 1. The standard InChI is InChI=1S/C24H34N4O3/c1-27(2)24(25-17-19-8-6-5-7-9-19)26-18-21(28-12-14-31-15-13-28)20-10-11-22(29-3)23(16-20)30-4/h5-11,16,21H,12-15,17-18H2,1-4H3,(H,25,26). The van der Waals surface area contributed by atoms with Gasteiger partial charge in [-0.05, 0) is 23.3 Å². The molecule has 1 fully saturated rings. The molecule has 7 heteroatoms. The van der Waals surface area contributed by atoms with E-state index in [0.717, 1.165) is 50.3 Å². The number of guanidine groups is 1. The second-order valence-electron chi connectivity index (χ2n) is 7.68. The van der Waals surface area contributed by atoms with Crippen LogP contribution in [0.1, 0.15) is 17.2 Å². The lowest BCUT2D eigenvalue weighted by Crippen LogP contribution is -2.46. The average Bonchev–Trinajstić information content (AvgIpc) is 2.82. The molecule has 7 nitrogen and oxygen atoms in total. The van der Waals surface area contributed by atoms with Crippen LogP contribution in [0.5, 0.6) is 11.5 Å². The maximum absolute atomic E-state index is 5.58. The molecule has 1 aliphatic heterocycles. The summed E-state index contributed by atoms with van der Waals surface area (Å²) in [5, 5.41) is 3.57. The van der Waals surface area contributed by atoms with Gasteiger partial charge in [-0.15, -0.1) is 0 Å². The fourth-order valence-electron chi connectivity index (χ4n) is 3.70. The van der Waals surface area contributed by atoms with Gasteiger partial charge in [-0.25, -0.2) is 4.99 Å². The van der Waals surface area contributed by atoms with E-state index in [2.05, 4.69) is 34.5 Å². The van der Waals surface area contributed by atoms with E-state index in [4.69, 9.17) is 19.2 Å². The number of aliphatic imine (C=N–C) groups is 1. The van der Waals surface area contributed by atoms with Crippen molar-refractivity contribution in [3.8, 4) is 11.5 Å². The molecule has 168 valence electrons. The highest BCUT2D eigenvalue weighted by Crippen LogP contribution is 2.32. The monoisotopic (exact) mass is 426 g/mol. The quantitative estimate of drug-likeness (QED) is 0.518. The van der Waals surface area contributed by atoms with Gasteiger partial charge in [-0.2, -0.15) is 0 Å². The minimum atomic E-state index is 0.158.